The van der Waals surface area contributed by atoms with E-state index in [1.54, 1.807) is 11.3 Å². The van der Waals surface area contributed by atoms with Gasteiger partial charge in [-0.25, -0.2) is 4.98 Å². The van der Waals surface area contributed by atoms with Crippen molar-refractivity contribution in [3.8, 4) is 16.9 Å². The molecule has 0 atom stereocenters. The summed E-state index contributed by atoms with van der Waals surface area (Å²) in [6.07, 6.45) is 0. The van der Waals surface area contributed by atoms with E-state index in [4.69, 9.17) is 5.73 Å². The van der Waals surface area contributed by atoms with Crippen LogP contribution in [0.4, 0.5) is 5.13 Å². The number of hydrogen-bond acceptors (Lipinski definition) is 3. The van der Waals surface area contributed by atoms with Crippen LogP contribution >= 0.6 is 11.3 Å². The number of anilines is 1. The number of aromatic nitrogens is 2. The second-order valence-electron chi connectivity index (χ2n) is 4.91. The molecular formula is C16H17N3S. The predicted octanol–water partition coefficient (Wildman–Crippen LogP) is 4.11. The largest absolute Gasteiger partial charge is 0.375 e. The molecule has 0 radical (unpaired) electrons. The van der Waals surface area contributed by atoms with Crippen molar-refractivity contribution < 1.29 is 0 Å². The van der Waals surface area contributed by atoms with E-state index in [0.29, 0.717) is 5.13 Å². The number of hydrogen-bond donors (Lipinski definition) is 1. The van der Waals surface area contributed by atoms with Crippen molar-refractivity contribution in [2.75, 3.05) is 5.73 Å². The van der Waals surface area contributed by atoms with Crippen molar-refractivity contribution >= 4 is 16.5 Å². The maximum absolute atomic E-state index is 5.82. The zero-order valence-electron chi connectivity index (χ0n) is 11.8. The highest BCUT2D eigenvalue weighted by atomic mass is 32.1. The van der Waals surface area contributed by atoms with Gasteiger partial charge in [0, 0.05) is 27.5 Å². The Hall–Kier alpha value is -2.07. The Balaban J connectivity index is 2.19. The first-order chi connectivity index (χ1) is 9.58. The molecule has 0 spiro atoms. The number of nitrogen functional groups attached to an aromatic ring is 1. The number of nitrogens with zero attached hydrogens (tertiary/aromatic N) is 2. The van der Waals surface area contributed by atoms with Crippen LogP contribution in [0.25, 0.3) is 16.9 Å². The van der Waals surface area contributed by atoms with E-state index in [1.807, 2.05) is 6.07 Å². The van der Waals surface area contributed by atoms with E-state index in [0.717, 1.165) is 16.1 Å². The van der Waals surface area contributed by atoms with Crippen LogP contribution in [0.1, 0.15) is 16.3 Å². The molecule has 3 rings (SSSR count). The maximum atomic E-state index is 5.82. The first-order valence-corrected chi connectivity index (χ1v) is 7.37. The molecule has 2 heterocycles. The molecule has 2 aromatic heterocycles. The molecule has 0 bridgehead atoms. The van der Waals surface area contributed by atoms with Gasteiger partial charge in [0.15, 0.2) is 5.13 Å². The molecule has 0 saturated carbocycles. The minimum absolute atomic E-state index is 0.627. The lowest BCUT2D eigenvalue weighted by Crippen LogP contribution is -1.98. The minimum Gasteiger partial charge on any atom is -0.375 e. The van der Waals surface area contributed by atoms with Gasteiger partial charge in [-0.15, -0.1) is 11.3 Å². The second-order valence-corrected chi connectivity index (χ2v) is 6.15. The van der Waals surface area contributed by atoms with Gasteiger partial charge in [0.25, 0.3) is 0 Å². The molecule has 0 amide bonds. The van der Waals surface area contributed by atoms with E-state index in [1.165, 1.54) is 17.1 Å². The fraction of sp³-hybridized carbons (Fsp3) is 0.188. The fourth-order valence-corrected chi connectivity index (χ4v) is 3.35. The smallest absolute Gasteiger partial charge is 0.180 e. The number of rotatable bonds is 2. The van der Waals surface area contributed by atoms with Gasteiger partial charge in [-0.05, 0) is 39.0 Å². The maximum Gasteiger partial charge on any atom is 0.180 e. The van der Waals surface area contributed by atoms with Crippen molar-refractivity contribution in [2.45, 2.75) is 20.8 Å². The van der Waals surface area contributed by atoms with Crippen molar-refractivity contribution in [1.82, 2.24) is 9.55 Å². The molecular weight excluding hydrogens is 266 g/mol. The minimum atomic E-state index is 0.627. The molecule has 0 unspecified atom stereocenters. The van der Waals surface area contributed by atoms with E-state index in [9.17, 15) is 0 Å². The second kappa shape index (κ2) is 4.80. The highest BCUT2D eigenvalue weighted by Gasteiger charge is 2.16. The van der Waals surface area contributed by atoms with Crippen LogP contribution in [0.3, 0.4) is 0 Å². The predicted molar refractivity (Wildman–Crippen MR) is 85.5 cm³/mol. The number of aryl methyl sites for hydroxylation is 2. The molecule has 0 saturated heterocycles. The molecule has 102 valence electrons. The summed E-state index contributed by atoms with van der Waals surface area (Å²) in [7, 11) is 0. The number of para-hydroxylation sites is 1. The third-order valence-corrected chi connectivity index (χ3v) is 4.31. The summed E-state index contributed by atoms with van der Waals surface area (Å²) in [5.41, 5.74) is 11.6. The van der Waals surface area contributed by atoms with E-state index in [-0.39, 0.29) is 0 Å². The Morgan fingerprint density at radius 2 is 1.80 bits per heavy atom. The monoisotopic (exact) mass is 283 g/mol. The summed E-state index contributed by atoms with van der Waals surface area (Å²) in [6.45, 7) is 6.32. The van der Waals surface area contributed by atoms with Gasteiger partial charge in [0.05, 0.1) is 5.69 Å². The van der Waals surface area contributed by atoms with Gasteiger partial charge in [-0.2, -0.15) is 0 Å². The van der Waals surface area contributed by atoms with E-state index >= 15 is 0 Å². The first kappa shape index (κ1) is 12.9. The van der Waals surface area contributed by atoms with Gasteiger partial charge in [0.1, 0.15) is 0 Å². The van der Waals surface area contributed by atoms with Crippen molar-refractivity contribution in [3.63, 3.8) is 0 Å². The van der Waals surface area contributed by atoms with Gasteiger partial charge >= 0.3 is 0 Å². The highest BCUT2D eigenvalue weighted by molar-refractivity contribution is 7.15. The quantitative estimate of drug-likeness (QED) is 0.769. The van der Waals surface area contributed by atoms with Crippen molar-refractivity contribution in [2.24, 2.45) is 0 Å². The van der Waals surface area contributed by atoms with Crippen molar-refractivity contribution in [1.29, 1.82) is 0 Å². The van der Waals surface area contributed by atoms with Crippen LogP contribution in [0.15, 0.2) is 36.4 Å². The number of nitrogens with two attached hydrogens (primary N) is 1. The molecule has 1 aromatic carbocycles. The number of thiazole rings is 1. The molecule has 3 aromatic rings. The van der Waals surface area contributed by atoms with Crippen LogP contribution in [-0.4, -0.2) is 9.55 Å². The average molecular weight is 283 g/mol. The molecule has 0 aliphatic carbocycles. The summed E-state index contributed by atoms with van der Waals surface area (Å²) < 4.78 is 2.25. The summed E-state index contributed by atoms with van der Waals surface area (Å²) in [4.78, 5) is 5.64. The summed E-state index contributed by atoms with van der Waals surface area (Å²) >= 11 is 1.54. The van der Waals surface area contributed by atoms with Crippen LogP contribution in [0.2, 0.25) is 0 Å². The zero-order chi connectivity index (χ0) is 14.3. The molecule has 0 fully saturated rings. The molecule has 20 heavy (non-hydrogen) atoms. The van der Waals surface area contributed by atoms with Gasteiger partial charge in [-0.1, -0.05) is 18.2 Å². The lowest BCUT2D eigenvalue weighted by molar-refractivity contribution is 0.966. The Kier molecular flexibility index (Phi) is 3.10. The summed E-state index contributed by atoms with van der Waals surface area (Å²) in [6, 6.07) is 12.6. The van der Waals surface area contributed by atoms with Crippen molar-refractivity contribution in [3.05, 3.63) is 52.7 Å². The van der Waals surface area contributed by atoms with Gasteiger partial charge in [0.2, 0.25) is 0 Å². The fourth-order valence-electron chi connectivity index (χ4n) is 2.64. The van der Waals surface area contributed by atoms with Gasteiger partial charge in [-0.3, -0.25) is 0 Å². The third kappa shape index (κ3) is 2.02. The van der Waals surface area contributed by atoms with E-state index < -0.39 is 0 Å². The van der Waals surface area contributed by atoms with Gasteiger partial charge < -0.3 is 10.3 Å². The summed E-state index contributed by atoms with van der Waals surface area (Å²) in [5.74, 6) is 0. The zero-order valence-corrected chi connectivity index (χ0v) is 12.7. The Morgan fingerprint density at radius 3 is 2.40 bits per heavy atom. The SMILES string of the molecule is Cc1sc(N)nc1-c1cc(C)n(-c2ccccc2)c1C. The normalized spacial score (nSPS) is 10.9. The number of benzene rings is 1. The Bertz CT molecular complexity index is 754. The third-order valence-electron chi connectivity index (χ3n) is 3.51. The first-order valence-electron chi connectivity index (χ1n) is 6.55. The lowest BCUT2D eigenvalue weighted by Gasteiger charge is -2.09. The van der Waals surface area contributed by atoms with E-state index in [2.05, 4.69) is 60.7 Å². The van der Waals surface area contributed by atoms with Crippen LogP contribution in [0.5, 0.6) is 0 Å². The highest BCUT2D eigenvalue weighted by Crippen LogP contribution is 2.34. The van der Waals surface area contributed by atoms with Crippen LogP contribution in [0, 0.1) is 20.8 Å². The summed E-state index contributed by atoms with van der Waals surface area (Å²) in [5, 5.41) is 0.627. The van der Waals surface area contributed by atoms with Crippen LogP contribution < -0.4 is 5.73 Å². The molecule has 0 aliphatic rings. The Labute approximate surface area is 122 Å². The average Bonchev–Trinajstić information content (AvgIpc) is 2.90. The van der Waals surface area contributed by atoms with Crippen LogP contribution in [-0.2, 0) is 0 Å². The molecule has 2 N–H and O–H groups in total. The standard InChI is InChI=1S/C16H17N3S/c1-10-9-14(15-12(3)20-16(17)18-15)11(2)19(10)13-7-5-4-6-8-13/h4-9H,1-3H3,(H2,17,18). The molecule has 4 heteroatoms. The molecule has 3 nitrogen and oxygen atoms in total. The Morgan fingerprint density at radius 1 is 1.10 bits per heavy atom. The molecule has 0 aliphatic heterocycles. The topological polar surface area (TPSA) is 43.8 Å². The lowest BCUT2D eigenvalue weighted by atomic mass is 10.1.